The van der Waals surface area contributed by atoms with E-state index < -0.39 is 0 Å². The predicted octanol–water partition coefficient (Wildman–Crippen LogP) is 8.56. The second-order valence-electron chi connectivity index (χ2n) is 13.2. The van der Waals surface area contributed by atoms with Crippen LogP contribution in [0, 0.1) is 19.3 Å². The van der Waals surface area contributed by atoms with E-state index in [-0.39, 0.29) is 23.4 Å². The van der Waals surface area contributed by atoms with Gasteiger partial charge in [0.15, 0.2) is 24.5 Å². The minimum absolute atomic E-state index is 0.0858. The topological polar surface area (TPSA) is 28.0 Å². The molecule has 0 saturated carbocycles. The molecule has 2 aliphatic heterocycles. The second-order valence-corrected chi connectivity index (χ2v) is 13.2. The van der Waals surface area contributed by atoms with Crippen LogP contribution in [0.1, 0.15) is 80.1 Å². The molecule has 2 aromatic heterocycles. The molecule has 208 valence electrons. The summed E-state index contributed by atoms with van der Waals surface area (Å²) in [5.74, 6) is 0.568. The summed E-state index contributed by atoms with van der Waals surface area (Å²) in [4.78, 5) is 0. The zero-order valence-electron chi connectivity index (χ0n) is 25.3. The minimum atomic E-state index is 0.0858. The molecule has 0 amide bonds. The van der Waals surface area contributed by atoms with E-state index in [0.29, 0.717) is 5.76 Å². The standard InChI is InChI=1S/C38H41N2O/c1-8-32-37(29-17-10-9-16-28(29)33-18-11-12-19-39(32)33)35-21-30(26(4)41)34-20-27(22-38(5,6)7)31(23-40(34)35)36-24(2)14-13-15-25(36)3/h8-20,23,32,35,37H,1,21-22H2,2-7H3/q+1/p+1. The first kappa shape index (κ1) is 27.2. The van der Waals surface area contributed by atoms with Gasteiger partial charge in [-0.25, -0.2) is 0 Å². The summed E-state index contributed by atoms with van der Waals surface area (Å²) in [6, 6.07) is 24.5. The summed E-state index contributed by atoms with van der Waals surface area (Å²) < 4.78 is 4.86. The van der Waals surface area contributed by atoms with E-state index >= 15 is 0 Å². The average Bonchev–Trinajstić information content (AvgIpc) is 3.29. The summed E-state index contributed by atoms with van der Waals surface area (Å²) in [6.45, 7) is 17.5. The quantitative estimate of drug-likeness (QED) is 0.156. The van der Waals surface area contributed by atoms with E-state index in [0.717, 1.165) is 24.1 Å². The van der Waals surface area contributed by atoms with Crippen LogP contribution in [0.4, 0.5) is 0 Å². The molecule has 0 aliphatic carbocycles. The molecule has 2 aliphatic rings. The average molecular weight is 543 g/mol. The van der Waals surface area contributed by atoms with E-state index in [2.05, 4.69) is 136 Å². The number of nitrogens with zero attached hydrogens (tertiary/aromatic N) is 2. The molecular formula is C38H42N2O+2. The molecule has 0 radical (unpaired) electrons. The van der Waals surface area contributed by atoms with Crippen LogP contribution in [0.5, 0.6) is 0 Å². The number of pyridine rings is 2. The fraction of sp³-hybridized carbons (Fsp3) is 0.316. The highest BCUT2D eigenvalue weighted by Gasteiger charge is 2.51. The maximum Gasteiger partial charge on any atom is 0.213 e. The molecule has 3 nitrogen and oxygen atoms in total. The van der Waals surface area contributed by atoms with Gasteiger partial charge >= 0.3 is 0 Å². The molecule has 0 spiro atoms. The van der Waals surface area contributed by atoms with Crippen molar-refractivity contribution >= 4 is 5.57 Å². The number of benzene rings is 2. The number of hydrogen-bond donors (Lipinski definition) is 1. The Hall–Kier alpha value is -3.98. The Kier molecular flexibility index (Phi) is 6.72. The highest BCUT2D eigenvalue weighted by molar-refractivity contribution is 5.75. The minimum Gasteiger partial charge on any atom is -0.512 e. The van der Waals surface area contributed by atoms with Crippen molar-refractivity contribution in [2.75, 3.05) is 0 Å². The summed E-state index contributed by atoms with van der Waals surface area (Å²) in [5, 5.41) is 11.0. The number of aromatic nitrogens is 2. The smallest absolute Gasteiger partial charge is 0.213 e. The third kappa shape index (κ3) is 4.62. The molecule has 0 saturated heterocycles. The van der Waals surface area contributed by atoms with E-state index in [9.17, 15) is 5.11 Å². The van der Waals surface area contributed by atoms with Gasteiger partial charge < -0.3 is 5.11 Å². The van der Waals surface area contributed by atoms with Gasteiger partial charge in [0, 0.05) is 30.2 Å². The first-order valence-electron chi connectivity index (χ1n) is 14.8. The number of aliphatic hydroxyl groups is 1. The maximum atomic E-state index is 11.0. The van der Waals surface area contributed by atoms with Crippen LogP contribution in [0.2, 0.25) is 0 Å². The van der Waals surface area contributed by atoms with Gasteiger partial charge in [0.1, 0.15) is 5.92 Å². The molecular weight excluding hydrogens is 500 g/mol. The molecule has 6 rings (SSSR count). The zero-order valence-corrected chi connectivity index (χ0v) is 25.3. The van der Waals surface area contributed by atoms with Crippen LogP contribution in [0.25, 0.3) is 28.0 Å². The lowest BCUT2D eigenvalue weighted by molar-refractivity contribution is -0.748. The Morgan fingerprint density at radius 2 is 1.63 bits per heavy atom. The van der Waals surface area contributed by atoms with Crippen LogP contribution in [0.15, 0.2) is 97.5 Å². The highest BCUT2D eigenvalue weighted by atomic mass is 16.3. The van der Waals surface area contributed by atoms with E-state index in [1.165, 1.54) is 44.6 Å². The van der Waals surface area contributed by atoms with Gasteiger partial charge in [0.05, 0.1) is 16.9 Å². The van der Waals surface area contributed by atoms with Gasteiger partial charge in [-0.05, 0) is 78.6 Å². The summed E-state index contributed by atoms with van der Waals surface area (Å²) in [6.07, 6.45) is 8.43. The van der Waals surface area contributed by atoms with E-state index in [1.807, 2.05) is 6.92 Å². The van der Waals surface area contributed by atoms with Crippen molar-refractivity contribution in [3.05, 3.63) is 125 Å². The van der Waals surface area contributed by atoms with Crippen molar-refractivity contribution in [2.24, 2.45) is 5.41 Å². The van der Waals surface area contributed by atoms with Crippen LogP contribution in [-0.2, 0) is 6.42 Å². The first-order chi connectivity index (χ1) is 19.6. The van der Waals surface area contributed by atoms with Crippen molar-refractivity contribution in [2.45, 2.75) is 72.4 Å². The van der Waals surface area contributed by atoms with Gasteiger partial charge in [0.2, 0.25) is 11.4 Å². The normalized spacial score (nSPS) is 20.7. The third-order valence-corrected chi connectivity index (χ3v) is 9.02. The molecule has 2 aromatic carbocycles. The third-order valence-electron chi connectivity index (χ3n) is 9.02. The Morgan fingerprint density at radius 1 is 0.927 bits per heavy atom. The predicted molar refractivity (Wildman–Crippen MR) is 168 cm³/mol. The van der Waals surface area contributed by atoms with Crippen molar-refractivity contribution in [3.8, 4) is 22.4 Å². The van der Waals surface area contributed by atoms with Crippen molar-refractivity contribution in [1.82, 2.24) is 0 Å². The molecule has 3 heteroatoms. The fourth-order valence-corrected chi connectivity index (χ4v) is 7.37. The Bertz CT molecular complexity index is 1680. The summed E-state index contributed by atoms with van der Waals surface area (Å²) >= 11 is 0. The summed E-state index contributed by atoms with van der Waals surface area (Å²) in [5.41, 5.74) is 12.7. The Labute approximate surface area is 245 Å². The zero-order chi connectivity index (χ0) is 29.1. The summed E-state index contributed by atoms with van der Waals surface area (Å²) in [7, 11) is 0. The van der Waals surface area contributed by atoms with Gasteiger partial charge in [-0.2, -0.15) is 9.13 Å². The van der Waals surface area contributed by atoms with Crippen molar-refractivity contribution < 1.29 is 14.2 Å². The lowest BCUT2D eigenvalue weighted by Crippen LogP contribution is -2.52. The maximum absolute atomic E-state index is 11.0. The Balaban J connectivity index is 1.63. The molecule has 4 aromatic rings. The van der Waals surface area contributed by atoms with E-state index in [1.54, 1.807) is 0 Å². The molecule has 3 unspecified atom stereocenters. The number of aryl methyl sites for hydroxylation is 2. The van der Waals surface area contributed by atoms with Gasteiger partial charge in [-0.15, -0.1) is 0 Å². The number of allylic oxidation sites excluding steroid dienone is 3. The molecule has 1 N–H and O–H groups in total. The molecule has 41 heavy (non-hydrogen) atoms. The van der Waals surface area contributed by atoms with Crippen LogP contribution in [-0.4, -0.2) is 5.11 Å². The molecule has 0 fully saturated rings. The molecule has 3 atom stereocenters. The fourth-order valence-electron chi connectivity index (χ4n) is 7.37. The van der Waals surface area contributed by atoms with Crippen LogP contribution in [0.3, 0.4) is 0 Å². The van der Waals surface area contributed by atoms with Crippen LogP contribution < -0.4 is 9.13 Å². The number of hydrogen-bond acceptors (Lipinski definition) is 1. The van der Waals surface area contributed by atoms with Crippen LogP contribution >= 0.6 is 0 Å². The molecule has 4 heterocycles. The number of fused-ring (bicyclic) bond motifs is 4. The lowest BCUT2D eigenvalue weighted by Gasteiger charge is -2.30. The Morgan fingerprint density at radius 3 is 2.32 bits per heavy atom. The monoisotopic (exact) mass is 542 g/mol. The molecule has 0 bridgehead atoms. The highest BCUT2D eigenvalue weighted by Crippen LogP contribution is 2.49. The van der Waals surface area contributed by atoms with Gasteiger partial charge in [0.25, 0.3) is 0 Å². The van der Waals surface area contributed by atoms with Crippen molar-refractivity contribution in [1.29, 1.82) is 0 Å². The first-order valence-corrected chi connectivity index (χ1v) is 14.8. The lowest BCUT2D eigenvalue weighted by atomic mass is 9.77. The number of aliphatic hydroxyl groups excluding tert-OH is 1. The van der Waals surface area contributed by atoms with Gasteiger partial charge in [-0.1, -0.05) is 63.7 Å². The largest absolute Gasteiger partial charge is 0.512 e. The second kappa shape index (κ2) is 10.1. The SMILES string of the molecule is C=CC1C(C2C/C(=C(\C)O)c3cc(CC(C)(C)C)c(-c4c(C)cccc4C)c[n+]32)c2ccccc2-c2cccc[n+]21. The van der Waals surface area contributed by atoms with Crippen molar-refractivity contribution in [3.63, 3.8) is 0 Å². The number of rotatable bonds is 4. The van der Waals surface area contributed by atoms with Gasteiger partial charge in [-0.3, -0.25) is 0 Å². The van der Waals surface area contributed by atoms with E-state index in [4.69, 9.17) is 0 Å².